The van der Waals surface area contributed by atoms with Gasteiger partial charge in [0.05, 0.1) is 0 Å². The van der Waals surface area contributed by atoms with E-state index >= 15 is 0 Å². The number of nitrogens with zero attached hydrogens (tertiary/aromatic N) is 8. The largest absolute Gasteiger partial charge is 0.369 e. The van der Waals surface area contributed by atoms with Crippen LogP contribution in [0.4, 0.5) is 11.8 Å². The Hall–Kier alpha value is -2.68. The summed E-state index contributed by atoms with van der Waals surface area (Å²) in [5, 5.41) is 7.99. The van der Waals surface area contributed by atoms with Crippen molar-refractivity contribution in [2.24, 2.45) is 0 Å². The van der Waals surface area contributed by atoms with Crippen LogP contribution >= 0.6 is 0 Å². The highest BCUT2D eigenvalue weighted by Crippen LogP contribution is 2.29. The lowest BCUT2D eigenvalue weighted by molar-refractivity contribution is 0.380. The van der Waals surface area contributed by atoms with Crippen molar-refractivity contribution in [1.82, 2.24) is 34.0 Å². The smallest absolute Gasteiger partial charge is 0.209 e. The minimum absolute atomic E-state index is 0.422. The molecule has 144 valence electrons. The highest BCUT2D eigenvalue weighted by Gasteiger charge is 2.25. The van der Waals surface area contributed by atoms with Gasteiger partial charge in [-0.15, -0.1) is 10.2 Å². The van der Waals surface area contributed by atoms with E-state index in [2.05, 4.69) is 54.8 Å². The normalized spacial score (nSPS) is 15.9. The first kappa shape index (κ1) is 17.7. The zero-order valence-electron chi connectivity index (χ0n) is 16.0. The highest BCUT2D eigenvalue weighted by atomic mass is 15.3. The van der Waals surface area contributed by atoms with Crippen molar-refractivity contribution < 1.29 is 0 Å². The standard InChI is InChI=1S/C18H27N9/c1-24(2)7-3-8-26-11-6-20-17(26)14-4-9-25(10-5-14)15-12-16-23-21-13-27(16)18(19)22-15/h6,11-14H,3-5,7-10H2,1-2H3,(H2,19,22). The Morgan fingerprint density at radius 2 is 2.07 bits per heavy atom. The molecule has 9 heteroatoms. The van der Waals surface area contributed by atoms with Crippen LogP contribution in [0.15, 0.2) is 24.8 Å². The number of hydrogen-bond acceptors (Lipinski definition) is 7. The van der Waals surface area contributed by atoms with Crippen LogP contribution in [0.5, 0.6) is 0 Å². The predicted molar refractivity (Wildman–Crippen MR) is 105 cm³/mol. The second-order valence-electron chi connectivity index (χ2n) is 7.43. The SMILES string of the molecule is CN(C)CCCn1ccnc1C1CCN(c2cc3nncn3c(N)n2)CC1. The molecular weight excluding hydrogens is 342 g/mol. The molecule has 27 heavy (non-hydrogen) atoms. The summed E-state index contributed by atoms with van der Waals surface area (Å²) >= 11 is 0. The number of aromatic nitrogens is 6. The van der Waals surface area contributed by atoms with E-state index in [1.165, 1.54) is 5.82 Å². The van der Waals surface area contributed by atoms with E-state index in [4.69, 9.17) is 5.73 Å². The van der Waals surface area contributed by atoms with Crippen LogP contribution in [-0.2, 0) is 6.54 Å². The van der Waals surface area contributed by atoms with Crippen LogP contribution in [0.3, 0.4) is 0 Å². The fourth-order valence-corrected chi connectivity index (χ4v) is 3.79. The summed E-state index contributed by atoms with van der Waals surface area (Å²) < 4.78 is 4.02. The van der Waals surface area contributed by atoms with Gasteiger partial charge in [0.25, 0.3) is 0 Å². The minimum atomic E-state index is 0.422. The number of aryl methyl sites for hydroxylation is 1. The Morgan fingerprint density at radius 3 is 2.85 bits per heavy atom. The van der Waals surface area contributed by atoms with Crippen molar-refractivity contribution in [3.05, 3.63) is 30.6 Å². The molecular formula is C18H27N9. The van der Waals surface area contributed by atoms with E-state index in [0.29, 0.717) is 11.9 Å². The summed E-state index contributed by atoms with van der Waals surface area (Å²) in [5.41, 5.74) is 6.76. The summed E-state index contributed by atoms with van der Waals surface area (Å²) in [6, 6.07) is 1.95. The molecule has 0 aromatic carbocycles. The fraction of sp³-hybridized carbons (Fsp3) is 0.556. The second kappa shape index (κ2) is 7.51. The molecule has 2 N–H and O–H groups in total. The summed E-state index contributed by atoms with van der Waals surface area (Å²) in [7, 11) is 4.23. The third-order valence-electron chi connectivity index (χ3n) is 5.24. The third kappa shape index (κ3) is 3.73. The number of hydrogen-bond donors (Lipinski definition) is 1. The zero-order chi connectivity index (χ0) is 18.8. The lowest BCUT2D eigenvalue weighted by atomic mass is 9.96. The molecule has 0 spiro atoms. The van der Waals surface area contributed by atoms with Gasteiger partial charge in [-0.1, -0.05) is 0 Å². The van der Waals surface area contributed by atoms with Gasteiger partial charge in [-0.25, -0.2) is 4.98 Å². The monoisotopic (exact) mass is 369 g/mol. The number of anilines is 2. The number of nitrogen functional groups attached to an aromatic ring is 1. The van der Waals surface area contributed by atoms with Crippen LogP contribution in [0.25, 0.3) is 5.65 Å². The van der Waals surface area contributed by atoms with Crippen LogP contribution in [0, 0.1) is 0 Å². The van der Waals surface area contributed by atoms with Gasteiger partial charge in [0.1, 0.15) is 18.0 Å². The highest BCUT2D eigenvalue weighted by molar-refractivity contribution is 5.55. The molecule has 1 aliphatic heterocycles. The third-order valence-corrected chi connectivity index (χ3v) is 5.24. The molecule has 4 heterocycles. The average Bonchev–Trinajstić information content (AvgIpc) is 3.31. The van der Waals surface area contributed by atoms with Gasteiger partial charge in [0.2, 0.25) is 5.95 Å². The second-order valence-corrected chi connectivity index (χ2v) is 7.43. The van der Waals surface area contributed by atoms with Crippen molar-refractivity contribution in [3.8, 4) is 0 Å². The van der Waals surface area contributed by atoms with Crippen molar-refractivity contribution in [2.75, 3.05) is 44.4 Å². The van der Waals surface area contributed by atoms with E-state index in [9.17, 15) is 0 Å². The van der Waals surface area contributed by atoms with Crippen LogP contribution in [0.1, 0.15) is 31.0 Å². The molecule has 0 radical (unpaired) electrons. The summed E-state index contributed by atoms with van der Waals surface area (Å²) in [6.45, 7) is 3.99. The molecule has 9 nitrogen and oxygen atoms in total. The lowest BCUT2D eigenvalue weighted by Crippen LogP contribution is -2.34. The molecule has 0 bridgehead atoms. The zero-order valence-corrected chi connectivity index (χ0v) is 16.0. The van der Waals surface area contributed by atoms with E-state index < -0.39 is 0 Å². The first-order valence-electron chi connectivity index (χ1n) is 9.49. The van der Waals surface area contributed by atoms with Crippen LogP contribution < -0.4 is 10.6 Å². The molecule has 0 saturated carbocycles. The Balaban J connectivity index is 1.41. The number of fused-ring (bicyclic) bond motifs is 1. The molecule has 0 amide bonds. The summed E-state index contributed by atoms with van der Waals surface area (Å²) in [4.78, 5) is 13.7. The Bertz CT molecular complexity index is 889. The molecule has 0 atom stereocenters. The maximum absolute atomic E-state index is 6.03. The predicted octanol–water partition coefficient (Wildman–Crippen LogP) is 1.24. The number of nitrogens with two attached hydrogens (primary N) is 1. The average molecular weight is 369 g/mol. The number of imidazole rings is 1. The van der Waals surface area contributed by atoms with Crippen molar-refractivity contribution in [3.63, 3.8) is 0 Å². The Morgan fingerprint density at radius 1 is 1.26 bits per heavy atom. The first-order chi connectivity index (χ1) is 13.1. The number of piperidine rings is 1. The molecule has 1 saturated heterocycles. The van der Waals surface area contributed by atoms with Gasteiger partial charge in [-0.05, 0) is 39.9 Å². The number of rotatable bonds is 6. The molecule has 3 aromatic rings. The van der Waals surface area contributed by atoms with E-state index in [1.54, 1.807) is 10.7 Å². The van der Waals surface area contributed by atoms with Gasteiger partial charge in [-0.2, -0.15) is 4.98 Å². The topological polar surface area (TPSA) is 93.4 Å². The molecule has 0 unspecified atom stereocenters. The Kier molecular flexibility index (Phi) is 4.93. The van der Waals surface area contributed by atoms with Gasteiger partial charge < -0.3 is 20.1 Å². The van der Waals surface area contributed by atoms with Gasteiger partial charge >= 0.3 is 0 Å². The van der Waals surface area contributed by atoms with Gasteiger partial charge in [0.15, 0.2) is 5.65 Å². The van der Waals surface area contributed by atoms with E-state index in [0.717, 1.165) is 56.9 Å². The molecule has 3 aromatic heterocycles. The van der Waals surface area contributed by atoms with Crippen molar-refractivity contribution in [2.45, 2.75) is 31.7 Å². The summed E-state index contributed by atoms with van der Waals surface area (Å²) in [6.07, 6.45) is 8.88. The fourth-order valence-electron chi connectivity index (χ4n) is 3.79. The van der Waals surface area contributed by atoms with Crippen molar-refractivity contribution in [1.29, 1.82) is 0 Å². The van der Waals surface area contributed by atoms with E-state index in [-0.39, 0.29) is 0 Å². The maximum atomic E-state index is 6.03. The summed E-state index contributed by atoms with van der Waals surface area (Å²) in [5.74, 6) is 3.00. The van der Waals surface area contributed by atoms with Crippen LogP contribution in [0.2, 0.25) is 0 Å². The molecule has 0 aliphatic carbocycles. The molecule has 1 aliphatic rings. The van der Waals surface area contributed by atoms with Gasteiger partial charge in [0, 0.05) is 44.0 Å². The van der Waals surface area contributed by atoms with E-state index in [1.807, 2.05) is 12.3 Å². The maximum Gasteiger partial charge on any atom is 0.209 e. The van der Waals surface area contributed by atoms with Gasteiger partial charge in [-0.3, -0.25) is 4.40 Å². The van der Waals surface area contributed by atoms with Crippen LogP contribution in [-0.4, -0.2) is 67.8 Å². The lowest BCUT2D eigenvalue weighted by Gasteiger charge is -2.32. The Labute approximate surface area is 158 Å². The first-order valence-corrected chi connectivity index (χ1v) is 9.49. The van der Waals surface area contributed by atoms with Crippen molar-refractivity contribution >= 4 is 17.4 Å². The quantitative estimate of drug-likeness (QED) is 0.698. The minimum Gasteiger partial charge on any atom is -0.369 e. The molecule has 1 fully saturated rings. The molecule has 4 rings (SSSR count).